The van der Waals surface area contributed by atoms with E-state index in [1.165, 1.54) is 6.08 Å². The van der Waals surface area contributed by atoms with Gasteiger partial charge in [-0.15, -0.1) is 0 Å². The molecule has 0 rings (SSSR count). The topological polar surface area (TPSA) is 87.2 Å². The molecule has 0 spiro atoms. The first-order valence-corrected chi connectivity index (χ1v) is 2.36. The Hall–Kier alpha value is -1.58. The molecular weight excluding hydrogens is 132 g/mol. The van der Waals surface area contributed by atoms with Gasteiger partial charge in [-0.05, 0) is 6.08 Å². The maximum atomic E-state index is 9.25. The number of hydrogen-bond donors (Lipinski definition) is 3. The molecule has 0 amide bonds. The van der Waals surface area contributed by atoms with Gasteiger partial charge in [0.05, 0.1) is 0 Å². The summed E-state index contributed by atoms with van der Waals surface area (Å²) < 4.78 is 0. The van der Waals surface area contributed by atoms with E-state index in [1.54, 1.807) is 0 Å². The van der Waals surface area contributed by atoms with Gasteiger partial charge >= 0.3 is 5.97 Å². The molecule has 0 atom stereocenters. The second-order valence-corrected chi connectivity index (χ2v) is 1.20. The number of carboxylic acids is 1. The van der Waals surface area contributed by atoms with Crippen LogP contribution in [0.5, 0.6) is 0 Å². The van der Waals surface area contributed by atoms with Gasteiger partial charge < -0.3 is 10.8 Å². The lowest BCUT2D eigenvalue weighted by molar-refractivity contribution is -0.131. The van der Waals surface area contributed by atoms with E-state index in [2.05, 4.69) is 13.2 Å². The van der Waals surface area contributed by atoms with Gasteiger partial charge in [-0.3, -0.25) is 5.41 Å². The van der Waals surface area contributed by atoms with Crippen LogP contribution in [0.2, 0.25) is 0 Å². The van der Waals surface area contributed by atoms with Gasteiger partial charge in [0, 0.05) is 6.08 Å². The number of carboxylic acid groups (broad SMARTS) is 1. The molecular formula is C6H10N2O2. The molecule has 4 nitrogen and oxygen atoms in total. The van der Waals surface area contributed by atoms with Crippen LogP contribution in [-0.4, -0.2) is 16.9 Å². The van der Waals surface area contributed by atoms with Crippen LogP contribution in [0, 0.1) is 5.41 Å². The molecule has 4 heteroatoms. The molecule has 0 aliphatic heterocycles. The molecule has 0 saturated carbocycles. The van der Waals surface area contributed by atoms with Gasteiger partial charge in [0.2, 0.25) is 0 Å². The summed E-state index contributed by atoms with van der Waals surface area (Å²) in [5.41, 5.74) is 4.76. The van der Waals surface area contributed by atoms with E-state index >= 15 is 0 Å². The van der Waals surface area contributed by atoms with Crippen molar-refractivity contribution in [3.8, 4) is 0 Å². The van der Waals surface area contributed by atoms with Gasteiger partial charge in [0.25, 0.3) is 0 Å². The monoisotopic (exact) mass is 142 g/mol. The van der Waals surface area contributed by atoms with Gasteiger partial charge in [0.1, 0.15) is 5.84 Å². The number of carbonyl (C=O) groups is 1. The van der Waals surface area contributed by atoms with Crippen LogP contribution in [-0.2, 0) is 4.79 Å². The average Bonchev–Trinajstić information content (AvgIpc) is 1.89. The Morgan fingerprint density at radius 1 is 1.50 bits per heavy atom. The molecule has 56 valence electrons. The molecule has 0 bridgehead atoms. The molecule has 0 unspecified atom stereocenters. The van der Waals surface area contributed by atoms with Crippen LogP contribution in [0.15, 0.2) is 25.3 Å². The molecule has 0 heterocycles. The minimum Gasteiger partial charge on any atom is -0.478 e. The summed E-state index contributed by atoms with van der Waals surface area (Å²) in [6.07, 6.45) is 2.11. The summed E-state index contributed by atoms with van der Waals surface area (Å²) >= 11 is 0. The summed E-state index contributed by atoms with van der Waals surface area (Å²) in [4.78, 5) is 9.25. The zero-order chi connectivity index (χ0) is 8.57. The van der Waals surface area contributed by atoms with E-state index < -0.39 is 5.97 Å². The molecule has 0 aromatic rings. The average molecular weight is 142 g/mol. The molecule has 4 N–H and O–H groups in total. The number of nitrogens with one attached hydrogen (secondary N) is 1. The van der Waals surface area contributed by atoms with Crippen molar-refractivity contribution in [2.45, 2.75) is 0 Å². The highest BCUT2D eigenvalue weighted by Gasteiger charge is 1.73. The summed E-state index contributed by atoms with van der Waals surface area (Å²) in [5.74, 6) is -0.963. The maximum absolute atomic E-state index is 9.25. The predicted octanol–water partition coefficient (Wildman–Crippen LogP) is 0.365. The van der Waals surface area contributed by atoms with Crippen molar-refractivity contribution in [2.24, 2.45) is 5.73 Å². The molecule has 0 aromatic carbocycles. The largest absolute Gasteiger partial charge is 0.478 e. The number of hydrogen-bond acceptors (Lipinski definition) is 2. The van der Waals surface area contributed by atoms with Crippen LogP contribution in [0.3, 0.4) is 0 Å². The lowest BCUT2D eigenvalue weighted by Gasteiger charge is -1.71. The van der Waals surface area contributed by atoms with Crippen LogP contribution in [0.1, 0.15) is 0 Å². The van der Waals surface area contributed by atoms with Crippen LogP contribution < -0.4 is 5.73 Å². The Balaban J connectivity index is 0. The van der Waals surface area contributed by atoms with Crippen molar-refractivity contribution < 1.29 is 9.90 Å². The number of amidine groups is 1. The normalized spacial score (nSPS) is 6.40. The van der Waals surface area contributed by atoms with E-state index in [4.69, 9.17) is 16.2 Å². The van der Waals surface area contributed by atoms with E-state index in [-0.39, 0.29) is 5.84 Å². The number of aliphatic carboxylic acids is 1. The first-order chi connectivity index (χ1) is 4.54. The van der Waals surface area contributed by atoms with Crippen LogP contribution >= 0.6 is 0 Å². The zero-order valence-electron chi connectivity index (χ0n) is 5.50. The standard InChI is InChI=1S/C3H6N2.C3H4O2/c2*1-2-3(4)5/h2H,1H2,(H3,4,5);2H,1H2,(H,4,5). The van der Waals surface area contributed by atoms with Crippen LogP contribution in [0.25, 0.3) is 0 Å². The van der Waals surface area contributed by atoms with Gasteiger partial charge in [-0.2, -0.15) is 0 Å². The Morgan fingerprint density at radius 2 is 1.70 bits per heavy atom. The molecule has 0 radical (unpaired) electrons. The first kappa shape index (κ1) is 11.2. The molecule has 0 aromatic heterocycles. The highest BCUT2D eigenvalue weighted by atomic mass is 16.4. The quantitative estimate of drug-likeness (QED) is 0.295. The Bertz CT molecular complexity index is 134. The third-order valence-corrected chi connectivity index (χ3v) is 0.395. The number of nitrogens with two attached hydrogens (primary N) is 1. The highest BCUT2D eigenvalue weighted by molar-refractivity contribution is 5.87. The van der Waals surface area contributed by atoms with Crippen molar-refractivity contribution in [1.29, 1.82) is 5.41 Å². The minimum absolute atomic E-state index is 0.0185. The fourth-order valence-electron chi connectivity index (χ4n) is 0. The second-order valence-electron chi connectivity index (χ2n) is 1.20. The smallest absolute Gasteiger partial charge is 0.327 e. The maximum Gasteiger partial charge on any atom is 0.327 e. The molecule has 0 aliphatic rings. The van der Waals surface area contributed by atoms with Crippen molar-refractivity contribution in [1.82, 2.24) is 0 Å². The molecule has 0 fully saturated rings. The van der Waals surface area contributed by atoms with E-state index in [0.717, 1.165) is 6.08 Å². The van der Waals surface area contributed by atoms with Crippen molar-refractivity contribution in [3.63, 3.8) is 0 Å². The lowest BCUT2D eigenvalue weighted by Crippen LogP contribution is -2.02. The SMILES string of the molecule is C=CC(=N)N.C=CC(=O)O. The van der Waals surface area contributed by atoms with Crippen molar-refractivity contribution >= 4 is 11.8 Å². The number of rotatable bonds is 2. The van der Waals surface area contributed by atoms with E-state index in [9.17, 15) is 4.79 Å². The fraction of sp³-hybridized carbons (Fsp3) is 0. The van der Waals surface area contributed by atoms with Crippen molar-refractivity contribution in [2.75, 3.05) is 0 Å². The Kier molecular flexibility index (Phi) is 8.35. The fourth-order valence-corrected chi connectivity index (χ4v) is 0. The van der Waals surface area contributed by atoms with Gasteiger partial charge in [-0.1, -0.05) is 13.2 Å². The zero-order valence-corrected chi connectivity index (χ0v) is 5.50. The summed E-state index contributed by atoms with van der Waals surface area (Å²) in [6.45, 7) is 6.17. The van der Waals surface area contributed by atoms with E-state index in [1.807, 2.05) is 0 Å². The summed E-state index contributed by atoms with van der Waals surface area (Å²) in [5, 5.41) is 14.0. The molecule has 0 aliphatic carbocycles. The molecule has 10 heavy (non-hydrogen) atoms. The third kappa shape index (κ3) is 32.2. The minimum atomic E-state index is -0.981. The lowest BCUT2D eigenvalue weighted by atomic mass is 10.6. The summed E-state index contributed by atoms with van der Waals surface area (Å²) in [6, 6.07) is 0. The molecule has 0 saturated heterocycles. The van der Waals surface area contributed by atoms with Gasteiger partial charge in [0.15, 0.2) is 0 Å². The first-order valence-electron chi connectivity index (χ1n) is 2.36. The Morgan fingerprint density at radius 3 is 1.70 bits per heavy atom. The highest BCUT2D eigenvalue weighted by Crippen LogP contribution is 1.54. The van der Waals surface area contributed by atoms with Gasteiger partial charge in [-0.25, -0.2) is 4.79 Å². The van der Waals surface area contributed by atoms with Crippen LogP contribution in [0.4, 0.5) is 0 Å². The third-order valence-electron chi connectivity index (χ3n) is 0.395. The van der Waals surface area contributed by atoms with Crippen molar-refractivity contribution in [3.05, 3.63) is 25.3 Å². The second kappa shape index (κ2) is 7.42. The van der Waals surface area contributed by atoms with E-state index in [0.29, 0.717) is 0 Å². The Labute approximate surface area is 59.2 Å². The summed E-state index contributed by atoms with van der Waals surface area (Å²) in [7, 11) is 0. The predicted molar refractivity (Wildman–Crippen MR) is 39.9 cm³/mol.